The number of carbonyl (C=O) groups excluding carboxylic acids is 1. The van der Waals surface area contributed by atoms with E-state index < -0.39 is 29.9 Å². The van der Waals surface area contributed by atoms with Crippen LogP contribution in [0.2, 0.25) is 0 Å². The molecule has 0 saturated carbocycles. The summed E-state index contributed by atoms with van der Waals surface area (Å²) in [5, 5.41) is 6.76. The monoisotopic (exact) mass is 441 g/mol. The van der Waals surface area contributed by atoms with Gasteiger partial charge in [0.1, 0.15) is 11.4 Å². The molecule has 1 atom stereocenters. The Morgan fingerprint density at radius 1 is 1.29 bits per heavy atom. The third kappa shape index (κ3) is 5.20. The lowest BCUT2D eigenvalue weighted by atomic mass is 10.1. The highest BCUT2D eigenvalue weighted by atomic mass is 19.4. The zero-order chi connectivity index (χ0) is 22.8. The molecule has 1 N–H and O–H groups in total. The van der Waals surface area contributed by atoms with Gasteiger partial charge in [-0.1, -0.05) is 6.07 Å². The number of hydrogen-bond donors (Lipinski definition) is 1. The lowest BCUT2D eigenvalue weighted by Gasteiger charge is -2.19. The van der Waals surface area contributed by atoms with E-state index >= 15 is 0 Å². The number of amides is 1. The number of aromatic nitrogens is 3. The Labute approximate surface area is 174 Å². The van der Waals surface area contributed by atoms with Crippen LogP contribution in [-0.2, 0) is 4.74 Å². The van der Waals surface area contributed by atoms with Gasteiger partial charge < -0.3 is 19.7 Å². The number of anilines is 1. The fraction of sp³-hybridized carbons (Fsp3) is 0.316. The molecule has 1 aromatic carbocycles. The second-order valence-corrected chi connectivity index (χ2v) is 6.73. The van der Waals surface area contributed by atoms with Gasteiger partial charge in [-0.15, -0.1) is 13.2 Å². The third-order valence-electron chi connectivity index (χ3n) is 4.28. The van der Waals surface area contributed by atoms with Crippen LogP contribution >= 0.6 is 0 Å². The van der Waals surface area contributed by atoms with E-state index in [1.165, 1.54) is 23.9 Å². The summed E-state index contributed by atoms with van der Waals surface area (Å²) >= 11 is 0. The molecule has 166 valence electrons. The second kappa shape index (κ2) is 8.76. The minimum Gasteiger partial charge on any atom is -0.403 e. The van der Waals surface area contributed by atoms with Gasteiger partial charge in [0.25, 0.3) is 5.91 Å². The maximum absolute atomic E-state index is 14.1. The van der Waals surface area contributed by atoms with E-state index in [4.69, 9.17) is 4.74 Å². The van der Waals surface area contributed by atoms with Crippen molar-refractivity contribution in [3.05, 3.63) is 53.6 Å². The first-order valence-corrected chi connectivity index (χ1v) is 8.95. The summed E-state index contributed by atoms with van der Waals surface area (Å²) in [6.07, 6.45) is -2.04. The van der Waals surface area contributed by atoms with Gasteiger partial charge in [0, 0.05) is 27.4 Å². The average molecular weight is 441 g/mol. The van der Waals surface area contributed by atoms with Crippen molar-refractivity contribution in [3.63, 3.8) is 0 Å². The molecule has 0 spiro atoms. The Morgan fingerprint density at radius 3 is 2.65 bits per heavy atom. The predicted octanol–water partition coefficient (Wildman–Crippen LogP) is 2.95. The largest absolute Gasteiger partial charge is 0.573 e. The van der Waals surface area contributed by atoms with Gasteiger partial charge in [-0.25, -0.2) is 13.9 Å². The van der Waals surface area contributed by atoms with Crippen LogP contribution < -0.4 is 15.0 Å². The van der Waals surface area contributed by atoms with Crippen molar-refractivity contribution >= 4 is 17.4 Å². The lowest BCUT2D eigenvalue weighted by molar-refractivity contribution is -0.275. The molecule has 0 saturated heterocycles. The molecule has 2 heterocycles. The number of rotatable bonds is 7. The molecular formula is C19H19F4N5O3. The summed E-state index contributed by atoms with van der Waals surface area (Å²) in [4.78, 5) is 19.0. The molecule has 0 aliphatic heterocycles. The van der Waals surface area contributed by atoms with Crippen molar-refractivity contribution in [2.45, 2.75) is 12.4 Å². The molecule has 0 aliphatic carbocycles. The Bertz CT molecular complexity index is 1080. The van der Waals surface area contributed by atoms with E-state index in [-0.39, 0.29) is 17.7 Å². The minimum atomic E-state index is -5.02. The summed E-state index contributed by atoms with van der Waals surface area (Å²) in [6.45, 7) is -0.0553. The molecule has 1 unspecified atom stereocenters. The Hall–Kier alpha value is -3.41. The van der Waals surface area contributed by atoms with E-state index in [2.05, 4.69) is 20.1 Å². The topological polar surface area (TPSA) is 81.0 Å². The molecule has 1 amide bonds. The zero-order valence-electron chi connectivity index (χ0n) is 16.8. The minimum absolute atomic E-state index is 0.0553. The van der Waals surface area contributed by atoms with Gasteiger partial charge in [-0.2, -0.15) is 5.10 Å². The summed E-state index contributed by atoms with van der Waals surface area (Å²) in [5.74, 6) is -2.14. The number of hydrogen-bond acceptors (Lipinski definition) is 6. The first kappa shape index (κ1) is 22.3. The molecule has 12 heteroatoms. The van der Waals surface area contributed by atoms with E-state index in [0.717, 1.165) is 12.1 Å². The van der Waals surface area contributed by atoms with Crippen LogP contribution in [0.5, 0.6) is 5.75 Å². The molecule has 3 rings (SSSR count). The van der Waals surface area contributed by atoms with Crippen LogP contribution in [0.3, 0.4) is 0 Å². The van der Waals surface area contributed by atoms with Crippen molar-refractivity contribution in [2.75, 3.05) is 32.7 Å². The standard InChI is InChI=1S/C19H19F4N5O3/c1-27(2)16-6-7-28-17(26-16)12(9-24-28)18(29)25-14(10-30-3)11-4-5-15(13(20)8-11)31-19(21,22)23/h4-9,14H,10H2,1-3H3,(H,25,29). The quantitative estimate of drug-likeness (QED) is 0.568. The van der Waals surface area contributed by atoms with Crippen molar-refractivity contribution in [1.82, 2.24) is 19.9 Å². The zero-order valence-corrected chi connectivity index (χ0v) is 16.8. The maximum atomic E-state index is 14.1. The van der Waals surface area contributed by atoms with Crippen LogP contribution in [0.1, 0.15) is 22.0 Å². The summed E-state index contributed by atoms with van der Waals surface area (Å²) in [7, 11) is 4.96. The van der Waals surface area contributed by atoms with Crippen molar-refractivity contribution in [2.24, 2.45) is 0 Å². The predicted molar refractivity (Wildman–Crippen MR) is 102 cm³/mol. The second-order valence-electron chi connectivity index (χ2n) is 6.73. The molecular weight excluding hydrogens is 422 g/mol. The van der Waals surface area contributed by atoms with Gasteiger partial charge in [-0.05, 0) is 23.8 Å². The van der Waals surface area contributed by atoms with Gasteiger partial charge in [0.15, 0.2) is 17.2 Å². The molecule has 0 radical (unpaired) electrons. The Balaban J connectivity index is 1.86. The van der Waals surface area contributed by atoms with E-state index in [1.807, 2.05) is 0 Å². The molecule has 0 aliphatic rings. The number of methoxy groups -OCH3 is 1. The SMILES string of the molecule is COCC(NC(=O)c1cnn2ccc(N(C)C)nc12)c1ccc(OC(F)(F)F)c(F)c1. The Morgan fingerprint density at radius 2 is 2.03 bits per heavy atom. The number of nitrogens with zero attached hydrogens (tertiary/aromatic N) is 4. The average Bonchev–Trinajstić information content (AvgIpc) is 3.11. The third-order valence-corrected chi connectivity index (χ3v) is 4.28. The number of halogens is 4. The fourth-order valence-corrected chi connectivity index (χ4v) is 2.83. The number of alkyl halides is 3. The van der Waals surface area contributed by atoms with Crippen molar-refractivity contribution < 1.29 is 31.8 Å². The first-order chi connectivity index (χ1) is 14.6. The highest BCUT2D eigenvalue weighted by molar-refractivity contribution is 6.00. The van der Waals surface area contributed by atoms with Crippen LogP contribution in [0.15, 0.2) is 36.7 Å². The van der Waals surface area contributed by atoms with Crippen molar-refractivity contribution in [1.29, 1.82) is 0 Å². The number of benzene rings is 1. The van der Waals surface area contributed by atoms with E-state index in [0.29, 0.717) is 11.5 Å². The highest BCUT2D eigenvalue weighted by Crippen LogP contribution is 2.28. The summed E-state index contributed by atoms with van der Waals surface area (Å²) < 4.78 is 61.3. The van der Waals surface area contributed by atoms with Crippen LogP contribution in [0.25, 0.3) is 5.65 Å². The Kier molecular flexibility index (Phi) is 6.29. The van der Waals surface area contributed by atoms with Crippen LogP contribution in [0, 0.1) is 5.82 Å². The smallest absolute Gasteiger partial charge is 0.403 e. The number of fused-ring (bicyclic) bond motifs is 1. The maximum Gasteiger partial charge on any atom is 0.573 e. The van der Waals surface area contributed by atoms with Gasteiger partial charge in [0.05, 0.1) is 18.8 Å². The molecule has 2 aromatic heterocycles. The number of ether oxygens (including phenoxy) is 2. The molecule has 3 aromatic rings. The van der Waals surface area contributed by atoms with Crippen molar-refractivity contribution in [3.8, 4) is 5.75 Å². The molecule has 0 bridgehead atoms. The number of carbonyl (C=O) groups is 1. The van der Waals surface area contributed by atoms with Crippen LogP contribution in [-0.4, -0.2) is 54.7 Å². The van der Waals surface area contributed by atoms with Gasteiger partial charge >= 0.3 is 6.36 Å². The first-order valence-electron chi connectivity index (χ1n) is 8.95. The van der Waals surface area contributed by atoms with E-state index in [9.17, 15) is 22.4 Å². The normalized spacial score (nSPS) is 12.6. The molecule has 0 fully saturated rings. The highest BCUT2D eigenvalue weighted by Gasteiger charge is 2.32. The molecule has 31 heavy (non-hydrogen) atoms. The lowest BCUT2D eigenvalue weighted by Crippen LogP contribution is -2.31. The summed E-state index contributed by atoms with van der Waals surface area (Å²) in [5.41, 5.74) is 0.669. The fourth-order valence-electron chi connectivity index (χ4n) is 2.83. The van der Waals surface area contributed by atoms with Crippen LogP contribution in [0.4, 0.5) is 23.4 Å². The summed E-state index contributed by atoms with van der Waals surface area (Å²) in [6, 6.07) is 3.78. The van der Waals surface area contributed by atoms with E-state index in [1.54, 1.807) is 31.3 Å². The number of nitrogens with one attached hydrogen (secondary N) is 1. The van der Waals surface area contributed by atoms with Gasteiger partial charge in [0.2, 0.25) is 0 Å². The molecule has 8 nitrogen and oxygen atoms in total. The van der Waals surface area contributed by atoms with Gasteiger partial charge in [-0.3, -0.25) is 4.79 Å².